The molecule has 0 spiro atoms. The molecule has 0 amide bonds. The molecule has 0 aromatic carbocycles. The average molecular weight is 373 g/mol. The molecule has 2 aliphatic carbocycles. The van der Waals surface area contributed by atoms with Crippen molar-refractivity contribution in [2.75, 3.05) is 26.3 Å². The molecule has 0 N–H and O–H groups in total. The molecule has 118 valence electrons. The molecule has 0 unspecified atom stereocenters. The lowest BCUT2D eigenvalue weighted by Crippen LogP contribution is -2.36. The van der Waals surface area contributed by atoms with Crippen LogP contribution in [0.25, 0.3) is 5.57 Å². The van der Waals surface area contributed by atoms with E-state index in [-0.39, 0.29) is 5.78 Å². The van der Waals surface area contributed by atoms with Crippen molar-refractivity contribution in [3.8, 4) is 0 Å². The molecular formula is C18H17BrN2O2. The molecule has 1 fully saturated rings. The number of nitrogens with zero attached hydrogens (tertiary/aromatic N) is 2. The van der Waals surface area contributed by atoms with Crippen molar-refractivity contribution >= 4 is 27.3 Å². The second-order valence-corrected chi connectivity index (χ2v) is 6.74. The Morgan fingerprint density at radius 1 is 1.17 bits per heavy atom. The monoisotopic (exact) mass is 372 g/mol. The summed E-state index contributed by atoms with van der Waals surface area (Å²) in [6.45, 7) is 3.19. The number of hydrogen-bond acceptors (Lipinski definition) is 4. The van der Waals surface area contributed by atoms with Gasteiger partial charge in [0.05, 0.1) is 13.2 Å². The summed E-state index contributed by atoms with van der Waals surface area (Å²) in [6, 6.07) is 3.99. The third-order valence-corrected chi connectivity index (χ3v) is 5.08. The van der Waals surface area contributed by atoms with Gasteiger partial charge >= 0.3 is 0 Å². The highest BCUT2D eigenvalue weighted by molar-refractivity contribution is 9.10. The van der Waals surface area contributed by atoms with Crippen LogP contribution in [0.1, 0.15) is 18.4 Å². The fourth-order valence-corrected chi connectivity index (χ4v) is 3.65. The molecule has 0 atom stereocenters. The molecule has 3 aliphatic rings. The van der Waals surface area contributed by atoms with E-state index in [2.05, 4.69) is 38.0 Å². The van der Waals surface area contributed by atoms with Gasteiger partial charge in [-0.25, -0.2) is 4.98 Å². The minimum Gasteiger partial charge on any atom is -0.378 e. The van der Waals surface area contributed by atoms with Gasteiger partial charge < -0.3 is 9.64 Å². The van der Waals surface area contributed by atoms with Gasteiger partial charge in [-0.1, -0.05) is 12.1 Å². The van der Waals surface area contributed by atoms with E-state index in [9.17, 15) is 4.79 Å². The molecule has 0 radical (unpaired) electrons. The SMILES string of the molecule is O=C1C=C(N2CCOCC2)CC2=C1CC=C2c1ccc(Br)nc1. The maximum Gasteiger partial charge on any atom is 0.184 e. The van der Waals surface area contributed by atoms with Gasteiger partial charge in [-0.05, 0) is 39.6 Å². The number of ketones is 1. The second-order valence-electron chi connectivity index (χ2n) is 5.92. The number of halogens is 1. The summed E-state index contributed by atoms with van der Waals surface area (Å²) in [5.41, 5.74) is 5.47. The number of aromatic nitrogens is 1. The molecule has 1 aliphatic heterocycles. The van der Waals surface area contributed by atoms with E-state index in [1.165, 1.54) is 5.57 Å². The van der Waals surface area contributed by atoms with Crippen molar-refractivity contribution in [1.82, 2.24) is 9.88 Å². The van der Waals surface area contributed by atoms with Crippen LogP contribution in [0.3, 0.4) is 0 Å². The van der Waals surface area contributed by atoms with Crippen molar-refractivity contribution in [2.24, 2.45) is 0 Å². The molecule has 0 saturated carbocycles. The molecule has 2 heterocycles. The minimum absolute atomic E-state index is 0.157. The number of rotatable bonds is 2. The zero-order valence-electron chi connectivity index (χ0n) is 12.7. The highest BCUT2D eigenvalue weighted by atomic mass is 79.9. The molecule has 1 saturated heterocycles. The third-order valence-electron chi connectivity index (χ3n) is 4.61. The minimum atomic E-state index is 0.157. The van der Waals surface area contributed by atoms with Crippen molar-refractivity contribution in [3.05, 3.63) is 57.5 Å². The van der Waals surface area contributed by atoms with E-state index in [0.29, 0.717) is 0 Å². The summed E-state index contributed by atoms with van der Waals surface area (Å²) in [7, 11) is 0. The fourth-order valence-electron chi connectivity index (χ4n) is 3.42. The van der Waals surface area contributed by atoms with Crippen molar-refractivity contribution in [1.29, 1.82) is 0 Å². The molecule has 1 aromatic heterocycles. The number of allylic oxidation sites excluding steroid dienone is 5. The van der Waals surface area contributed by atoms with Crippen LogP contribution < -0.4 is 0 Å². The van der Waals surface area contributed by atoms with Crippen LogP contribution in [-0.2, 0) is 9.53 Å². The normalized spacial score (nSPS) is 21.3. The molecule has 1 aromatic rings. The number of morpholine rings is 1. The molecule has 5 heteroatoms. The maximum atomic E-state index is 12.5. The van der Waals surface area contributed by atoms with Crippen LogP contribution in [0.4, 0.5) is 0 Å². The molecule has 23 heavy (non-hydrogen) atoms. The Bertz CT molecular complexity index is 741. The van der Waals surface area contributed by atoms with Gasteiger partial charge in [0.1, 0.15) is 4.60 Å². The average Bonchev–Trinajstić information content (AvgIpc) is 3.01. The molecule has 4 rings (SSSR count). The van der Waals surface area contributed by atoms with Crippen LogP contribution in [0.2, 0.25) is 0 Å². The van der Waals surface area contributed by atoms with Crippen molar-refractivity contribution < 1.29 is 9.53 Å². The zero-order valence-corrected chi connectivity index (χ0v) is 14.3. The van der Waals surface area contributed by atoms with Gasteiger partial charge in [0.2, 0.25) is 0 Å². The van der Waals surface area contributed by atoms with Crippen LogP contribution in [0.15, 0.2) is 51.9 Å². The topological polar surface area (TPSA) is 42.4 Å². The van der Waals surface area contributed by atoms with Gasteiger partial charge in [-0.15, -0.1) is 0 Å². The first-order valence-corrected chi connectivity index (χ1v) is 8.64. The van der Waals surface area contributed by atoms with E-state index in [1.54, 1.807) is 0 Å². The predicted octanol–water partition coefficient (Wildman–Crippen LogP) is 3.12. The van der Waals surface area contributed by atoms with Gasteiger partial charge in [-0.3, -0.25) is 4.79 Å². The van der Waals surface area contributed by atoms with E-state index >= 15 is 0 Å². The van der Waals surface area contributed by atoms with Gasteiger partial charge in [0.25, 0.3) is 0 Å². The number of pyridine rings is 1. The zero-order chi connectivity index (χ0) is 15.8. The number of ether oxygens (including phenoxy) is 1. The largest absolute Gasteiger partial charge is 0.378 e. The van der Waals surface area contributed by atoms with Gasteiger partial charge in [-0.2, -0.15) is 0 Å². The van der Waals surface area contributed by atoms with Gasteiger partial charge in [0.15, 0.2) is 5.78 Å². The predicted molar refractivity (Wildman–Crippen MR) is 91.7 cm³/mol. The van der Waals surface area contributed by atoms with E-state index < -0.39 is 0 Å². The maximum absolute atomic E-state index is 12.5. The Balaban J connectivity index is 1.62. The second kappa shape index (κ2) is 6.06. The van der Waals surface area contributed by atoms with Gasteiger partial charge in [0, 0.05) is 48.6 Å². The fraction of sp³-hybridized carbons (Fsp3) is 0.333. The first kappa shape index (κ1) is 14.8. The lowest BCUT2D eigenvalue weighted by atomic mass is 9.90. The van der Waals surface area contributed by atoms with Crippen LogP contribution in [0.5, 0.6) is 0 Å². The van der Waals surface area contributed by atoms with Crippen molar-refractivity contribution in [3.63, 3.8) is 0 Å². The summed E-state index contributed by atoms with van der Waals surface area (Å²) in [6.07, 6.45) is 7.39. The van der Waals surface area contributed by atoms with E-state index in [1.807, 2.05) is 18.3 Å². The summed E-state index contributed by atoms with van der Waals surface area (Å²) < 4.78 is 6.24. The highest BCUT2D eigenvalue weighted by Crippen LogP contribution is 2.41. The highest BCUT2D eigenvalue weighted by Gasteiger charge is 2.29. The smallest absolute Gasteiger partial charge is 0.184 e. The summed E-state index contributed by atoms with van der Waals surface area (Å²) in [4.78, 5) is 19.1. The Morgan fingerprint density at radius 2 is 2.00 bits per heavy atom. The molecule has 4 nitrogen and oxygen atoms in total. The molecular weight excluding hydrogens is 356 g/mol. The first-order chi connectivity index (χ1) is 11.2. The van der Waals surface area contributed by atoms with Crippen LogP contribution in [0, 0.1) is 0 Å². The first-order valence-electron chi connectivity index (χ1n) is 7.84. The number of carbonyl (C=O) groups is 1. The Hall–Kier alpha value is -1.72. The Morgan fingerprint density at radius 3 is 2.74 bits per heavy atom. The van der Waals surface area contributed by atoms with Crippen molar-refractivity contribution in [2.45, 2.75) is 12.8 Å². The van der Waals surface area contributed by atoms with E-state index in [4.69, 9.17) is 4.74 Å². The quantitative estimate of drug-likeness (QED) is 0.748. The van der Waals surface area contributed by atoms with Crippen LogP contribution >= 0.6 is 15.9 Å². The van der Waals surface area contributed by atoms with Crippen LogP contribution in [-0.4, -0.2) is 42.0 Å². The lowest BCUT2D eigenvalue weighted by molar-refractivity contribution is -0.111. The number of hydrogen-bond donors (Lipinski definition) is 0. The standard InChI is InChI=1S/C18H17BrN2O2/c19-18-4-1-12(11-20-18)14-2-3-15-16(14)9-13(10-17(15)22)21-5-7-23-8-6-21/h1-2,4,10-11H,3,5-9H2. The number of carbonyl (C=O) groups excluding carboxylic acids is 1. The Labute approximate surface area is 143 Å². The Kier molecular flexibility index (Phi) is 3.91. The summed E-state index contributed by atoms with van der Waals surface area (Å²) in [5.74, 6) is 0.157. The summed E-state index contributed by atoms with van der Waals surface area (Å²) >= 11 is 3.37. The lowest BCUT2D eigenvalue weighted by Gasteiger charge is -2.33. The van der Waals surface area contributed by atoms with E-state index in [0.717, 1.165) is 66.2 Å². The third kappa shape index (κ3) is 2.79. The molecule has 0 bridgehead atoms. The summed E-state index contributed by atoms with van der Waals surface area (Å²) in [5, 5.41) is 0.